The summed E-state index contributed by atoms with van der Waals surface area (Å²) in [5.41, 5.74) is 1.59. The molecule has 3 nitrogen and oxygen atoms in total. The van der Waals surface area contributed by atoms with Crippen LogP contribution in [0.15, 0.2) is 52.3 Å². The minimum Gasteiger partial charge on any atom is -0.493 e. The molecule has 1 aliphatic carbocycles. The van der Waals surface area contributed by atoms with E-state index in [0.717, 1.165) is 28.4 Å². The summed E-state index contributed by atoms with van der Waals surface area (Å²) in [4.78, 5) is 1.11. The fraction of sp³-hybridized carbons (Fsp3) is 0.364. The molecule has 0 heterocycles. The maximum atomic E-state index is 11.5. The Morgan fingerprint density at radius 2 is 1.67 bits per heavy atom. The molecule has 5 heteroatoms. The standard InChI is InChI=1S/C22H24O3S2/c1-27(23,24)22-11-9-17(10-12-22)7-8-19-13-20(15-21(26)14-19)25-16-18-5-3-2-4-6-18/h9-15,18,26H,2-6,16H2,1H3. The number of hydrogen-bond donors (Lipinski definition) is 1. The highest BCUT2D eigenvalue weighted by Crippen LogP contribution is 2.26. The third-order valence-electron chi connectivity index (χ3n) is 4.74. The summed E-state index contributed by atoms with van der Waals surface area (Å²) in [5, 5.41) is 0. The first kappa shape index (κ1) is 19.9. The number of thiol groups is 1. The normalized spacial score (nSPS) is 15.0. The average molecular weight is 401 g/mol. The molecule has 0 atom stereocenters. The number of hydrogen-bond acceptors (Lipinski definition) is 4. The first-order valence-corrected chi connectivity index (χ1v) is 11.5. The number of sulfone groups is 1. The number of ether oxygens (including phenoxy) is 1. The van der Waals surface area contributed by atoms with Crippen LogP contribution in [0, 0.1) is 17.8 Å². The van der Waals surface area contributed by atoms with Gasteiger partial charge in [-0.25, -0.2) is 8.42 Å². The molecule has 0 aromatic heterocycles. The summed E-state index contributed by atoms with van der Waals surface area (Å²) in [7, 11) is -3.19. The zero-order valence-electron chi connectivity index (χ0n) is 15.4. The topological polar surface area (TPSA) is 43.4 Å². The second-order valence-electron chi connectivity index (χ2n) is 7.08. The Morgan fingerprint density at radius 1 is 1.00 bits per heavy atom. The van der Waals surface area contributed by atoms with Crippen molar-refractivity contribution in [2.45, 2.75) is 41.9 Å². The number of benzene rings is 2. The second kappa shape index (κ2) is 8.86. The van der Waals surface area contributed by atoms with E-state index in [4.69, 9.17) is 4.74 Å². The van der Waals surface area contributed by atoms with E-state index in [0.29, 0.717) is 10.8 Å². The Hall–Kier alpha value is -1.90. The summed E-state index contributed by atoms with van der Waals surface area (Å²) < 4.78 is 29.0. The van der Waals surface area contributed by atoms with Gasteiger partial charge in [-0.3, -0.25) is 0 Å². The van der Waals surface area contributed by atoms with E-state index < -0.39 is 9.84 Å². The largest absolute Gasteiger partial charge is 0.493 e. The Labute approximate surface area is 167 Å². The van der Waals surface area contributed by atoms with Gasteiger partial charge in [-0.15, -0.1) is 12.6 Å². The smallest absolute Gasteiger partial charge is 0.175 e. The molecule has 0 amide bonds. The van der Waals surface area contributed by atoms with Crippen molar-refractivity contribution in [2.24, 2.45) is 5.92 Å². The predicted molar refractivity (Wildman–Crippen MR) is 111 cm³/mol. The van der Waals surface area contributed by atoms with Crippen LogP contribution in [0.5, 0.6) is 5.75 Å². The Bertz CT molecular complexity index is 945. The van der Waals surface area contributed by atoms with Crippen LogP contribution in [-0.2, 0) is 9.84 Å². The fourth-order valence-electron chi connectivity index (χ4n) is 3.24. The van der Waals surface area contributed by atoms with Crippen LogP contribution in [0.3, 0.4) is 0 Å². The molecule has 0 spiro atoms. The van der Waals surface area contributed by atoms with Gasteiger partial charge in [-0.05, 0) is 61.2 Å². The van der Waals surface area contributed by atoms with Gasteiger partial charge in [0.05, 0.1) is 11.5 Å². The van der Waals surface area contributed by atoms with Crippen molar-refractivity contribution >= 4 is 22.5 Å². The first-order valence-electron chi connectivity index (χ1n) is 9.19. The molecule has 3 rings (SSSR count). The van der Waals surface area contributed by atoms with Gasteiger partial charge in [0.15, 0.2) is 9.84 Å². The molecule has 0 radical (unpaired) electrons. The van der Waals surface area contributed by atoms with E-state index in [1.807, 2.05) is 18.2 Å². The van der Waals surface area contributed by atoms with Crippen molar-refractivity contribution in [3.63, 3.8) is 0 Å². The van der Waals surface area contributed by atoms with Crippen LogP contribution in [0.4, 0.5) is 0 Å². The van der Waals surface area contributed by atoms with Crippen LogP contribution >= 0.6 is 12.6 Å². The first-order chi connectivity index (χ1) is 12.9. The highest BCUT2D eigenvalue weighted by molar-refractivity contribution is 7.90. The molecule has 0 aliphatic heterocycles. The van der Waals surface area contributed by atoms with Crippen molar-refractivity contribution < 1.29 is 13.2 Å². The molecule has 0 saturated heterocycles. The molecule has 0 bridgehead atoms. The van der Waals surface area contributed by atoms with Gasteiger partial charge in [0.25, 0.3) is 0 Å². The molecular formula is C22H24O3S2. The van der Waals surface area contributed by atoms with E-state index in [-0.39, 0.29) is 0 Å². The Balaban J connectivity index is 1.70. The fourth-order valence-corrected chi connectivity index (χ4v) is 4.13. The SMILES string of the molecule is CS(=O)(=O)c1ccc(C#Cc2cc(S)cc(OCC3CCCCC3)c2)cc1. The van der Waals surface area contributed by atoms with Crippen LogP contribution in [-0.4, -0.2) is 21.3 Å². The van der Waals surface area contributed by atoms with Gasteiger partial charge in [0.2, 0.25) is 0 Å². The minimum absolute atomic E-state index is 0.295. The third-order valence-corrected chi connectivity index (χ3v) is 6.12. The molecule has 27 heavy (non-hydrogen) atoms. The van der Waals surface area contributed by atoms with Crippen molar-refractivity contribution in [3.05, 3.63) is 53.6 Å². The zero-order valence-corrected chi connectivity index (χ0v) is 17.2. The molecule has 1 saturated carbocycles. The lowest BCUT2D eigenvalue weighted by Gasteiger charge is -2.21. The quantitative estimate of drug-likeness (QED) is 0.596. The Kier molecular flexibility index (Phi) is 6.51. The summed E-state index contributed by atoms with van der Waals surface area (Å²) in [6.45, 7) is 0.747. The van der Waals surface area contributed by atoms with E-state index in [2.05, 4.69) is 24.5 Å². The van der Waals surface area contributed by atoms with Gasteiger partial charge in [0.1, 0.15) is 5.75 Å². The highest BCUT2D eigenvalue weighted by atomic mass is 32.2. The molecule has 2 aromatic carbocycles. The van der Waals surface area contributed by atoms with E-state index in [1.54, 1.807) is 24.3 Å². The van der Waals surface area contributed by atoms with Gasteiger partial charge in [-0.1, -0.05) is 31.1 Å². The van der Waals surface area contributed by atoms with Crippen molar-refractivity contribution in [1.82, 2.24) is 0 Å². The van der Waals surface area contributed by atoms with Gasteiger partial charge >= 0.3 is 0 Å². The van der Waals surface area contributed by atoms with Gasteiger partial charge in [-0.2, -0.15) is 0 Å². The Morgan fingerprint density at radius 3 is 2.33 bits per heavy atom. The maximum Gasteiger partial charge on any atom is 0.175 e. The predicted octanol–water partition coefficient (Wildman–Crippen LogP) is 4.74. The monoisotopic (exact) mass is 400 g/mol. The van der Waals surface area contributed by atoms with Crippen LogP contribution in [0.1, 0.15) is 43.2 Å². The van der Waals surface area contributed by atoms with Crippen molar-refractivity contribution in [3.8, 4) is 17.6 Å². The molecular weight excluding hydrogens is 376 g/mol. The molecule has 1 aliphatic rings. The number of rotatable bonds is 4. The van der Waals surface area contributed by atoms with Crippen LogP contribution < -0.4 is 4.74 Å². The second-order valence-corrected chi connectivity index (χ2v) is 9.61. The molecule has 1 fully saturated rings. The van der Waals surface area contributed by atoms with Crippen LogP contribution in [0.2, 0.25) is 0 Å². The third kappa shape index (κ3) is 6.05. The zero-order chi connectivity index (χ0) is 19.3. The summed E-state index contributed by atoms with van der Waals surface area (Å²) in [5.74, 6) is 7.62. The van der Waals surface area contributed by atoms with Crippen LogP contribution in [0.25, 0.3) is 0 Å². The lowest BCUT2D eigenvalue weighted by molar-refractivity contribution is 0.208. The lowest BCUT2D eigenvalue weighted by atomic mass is 9.90. The minimum atomic E-state index is -3.19. The van der Waals surface area contributed by atoms with Crippen molar-refractivity contribution in [1.29, 1.82) is 0 Å². The van der Waals surface area contributed by atoms with E-state index in [1.165, 1.54) is 38.4 Å². The summed E-state index contributed by atoms with van der Waals surface area (Å²) in [6.07, 6.45) is 7.63. The lowest BCUT2D eigenvalue weighted by Crippen LogP contribution is -2.15. The highest BCUT2D eigenvalue weighted by Gasteiger charge is 2.14. The van der Waals surface area contributed by atoms with Gasteiger partial charge < -0.3 is 4.74 Å². The van der Waals surface area contributed by atoms with Crippen molar-refractivity contribution in [2.75, 3.05) is 12.9 Å². The molecule has 2 aromatic rings. The summed E-state index contributed by atoms with van der Waals surface area (Å²) >= 11 is 4.45. The summed E-state index contributed by atoms with van der Waals surface area (Å²) in [6, 6.07) is 12.3. The maximum absolute atomic E-state index is 11.5. The molecule has 142 valence electrons. The van der Waals surface area contributed by atoms with E-state index >= 15 is 0 Å². The van der Waals surface area contributed by atoms with E-state index in [9.17, 15) is 8.42 Å². The molecule has 0 unspecified atom stereocenters. The average Bonchev–Trinajstić information content (AvgIpc) is 2.65. The van der Waals surface area contributed by atoms with Gasteiger partial charge in [0, 0.05) is 22.3 Å². The molecule has 0 N–H and O–H groups in total.